The molecule has 1 aromatic carbocycles. The molecule has 3 nitrogen and oxygen atoms in total. The molecule has 2 aromatic heterocycles. The van der Waals surface area contributed by atoms with Crippen LogP contribution in [-0.4, -0.2) is 20.9 Å². The van der Waals surface area contributed by atoms with E-state index in [-0.39, 0.29) is 5.56 Å². The summed E-state index contributed by atoms with van der Waals surface area (Å²) in [6.07, 6.45) is 3.51. The molecule has 0 saturated heterocycles. The number of aliphatic imine (C=N–C) groups is 1. The maximum Gasteiger partial charge on any atom is 0.297 e. The van der Waals surface area contributed by atoms with Crippen LogP contribution in [0.15, 0.2) is 59.9 Å². The standard InChI is InChI=1S/C18H15F2N3/c1-17(2)18(19,20)15-8-4-3-7-14(15)16(22-17)12-10-13-6-5-9-23(13)21-11-12/h3-11H,1-2H3. The average molecular weight is 311 g/mol. The van der Waals surface area contributed by atoms with Gasteiger partial charge in [-0.25, -0.2) is 4.52 Å². The quantitative estimate of drug-likeness (QED) is 0.666. The van der Waals surface area contributed by atoms with Gasteiger partial charge in [0.15, 0.2) is 0 Å². The molecule has 3 aromatic rings. The largest absolute Gasteiger partial charge is 0.297 e. The molecule has 5 heteroatoms. The minimum Gasteiger partial charge on any atom is -0.271 e. The van der Waals surface area contributed by atoms with E-state index in [0.29, 0.717) is 11.3 Å². The molecule has 0 N–H and O–H groups in total. The van der Waals surface area contributed by atoms with Crippen LogP contribution >= 0.6 is 0 Å². The van der Waals surface area contributed by atoms with Gasteiger partial charge in [-0.1, -0.05) is 24.3 Å². The van der Waals surface area contributed by atoms with E-state index in [1.54, 1.807) is 28.9 Å². The highest BCUT2D eigenvalue weighted by Crippen LogP contribution is 2.46. The van der Waals surface area contributed by atoms with Crippen molar-refractivity contribution in [2.75, 3.05) is 0 Å². The van der Waals surface area contributed by atoms with Gasteiger partial charge < -0.3 is 0 Å². The SMILES string of the molecule is CC1(C)N=C(c2cnn3cccc3c2)c2ccccc2C1(F)F. The summed E-state index contributed by atoms with van der Waals surface area (Å²) in [5.41, 5.74) is 1.18. The van der Waals surface area contributed by atoms with E-state index < -0.39 is 11.5 Å². The number of nitrogens with zero attached hydrogens (tertiary/aromatic N) is 3. The van der Waals surface area contributed by atoms with Crippen LogP contribution in [0.25, 0.3) is 5.52 Å². The van der Waals surface area contributed by atoms with Gasteiger partial charge >= 0.3 is 0 Å². The topological polar surface area (TPSA) is 29.7 Å². The van der Waals surface area contributed by atoms with Crippen LogP contribution in [0.4, 0.5) is 8.78 Å². The van der Waals surface area contributed by atoms with E-state index in [2.05, 4.69) is 10.1 Å². The summed E-state index contributed by atoms with van der Waals surface area (Å²) in [6.45, 7) is 2.93. The van der Waals surface area contributed by atoms with Gasteiger partial charge in [0.25, 0.3) is 5.92 Å². The number of fused-ring (bicyclic) bond motifs is 2. The normalized spacial score (nSPS) is 18.5. The van der Waals surface area contributed by atoms with Crippen molar-refractivity contribution >= 4 is 11.2 Å². The Kier molecular flexibility index (Phi) is 2.73. The van der Waals surface area contributed by atoms with Crippen LogP contribution in [0.2, 0.25) is 0 Å². The van der Waals surface area contributed by atoms with Crippen LogP contribution in [0.3, 0.4) is 0 Å². The van der Waals surface area contributed by atoms with Gasteiger partial charge in [0.05, 0.1) is 17.4 Å². The Morgan fingerprint density at radius 1 is 1.04 bits per heavy atom. The molecule has 0 radical (unpaired) electrons. The third kappa shape index (κ3) is 1.92. The highest BCUT2D eigenvalue weighted by molar-refractivity contribution is 6.15. The van der Waals surface area contributed by atoms with Gasteiger partial charge in [0.1, 0.15) is 5.54 Å². The lowest BCUT2D eigenvalue weighted by atomic mass is 9.82. The number of alkyl halides is 2. The number of hydrogen-bond donors (Lipinski definition) is 0. The molecular formula is C18H15F2N3. The fraction of sp³-hybridized carbons (Fsp3) is 0.222. The van der Waals surface area contributed by atoms with Crippen molar-refractivity contribution in [3.05, 3.63) is 71.5 Å². The first-order valence-electron chi connectivity index (χ1n) is 7.41. The maximum atomic E-state index is 14.7. The molecule has 0 aliphatic carbocycles. The summed E-state index contributed by atoms with van der Waals surface area (Å²) in [5.74, 6) is -3.01. The first kappa shape index (κ1) is 14.1. The second-order valence-corrected chi connectivity index (χ2v) is 6.26. The Hall–Kier alpha value is -2.56. The zero-order chi connectivity index (χ0) is 16.2. The Morgan fingerprint density at radius 2 is 1.83 bits per heavy atom. The first-order valence-corrected chi connectivity index (χ1v) is 7.41. The molecule has 116 valence electrons. The molecule has 23 heavy (non-hydrogen) atoms. The first-order chi connectivity index (χ1) is 10.9. The molecule has 0 bridgehead atoms. The fourth-order valence-corrected chi connectivity index (χ4v) is 2.98. The van der Waals surface area contributed by atoms with Crippen LogP contribution in [0.5, 0.6) is 0 Å². The smallest absolute Gasteiger partial charge is 0.271 e. The Balaban J connectivity index is 1.98. The second-order valence-electron chi connectivity index (χ2n) is 6.26. The minimum atomic E-state index is -3.01. The highest BCUT2D eigenvalue weighted by Gasteiger charge is 2.52. The summed E-state index contributed by atoms with van der Waals surface area (Å²) in [6, 6.07) is 12.3. The molecule has 0 amide bonds. The molecule has 0 atom stereocenters. The number of benzene rings is 1. The molecule has 0 unspecified atom stereocenters. The van der Waals surface area contributed by atoms with Crippen molar-refractivity contribution in [1.82, 2.24) is 9.61 Å². The van der Waals surface area contributed by atoms with E-state index in [1.165, 1.54) is 19.9 Å². The number of hydrogen-bond acceptors (Lipinski definition) is 2. The van der Waals surface area contributed by atoms with E-state index in [1.807, 2.05) is 24.4 Å². The van der Waals surface area contributed by atoms with Crippen molar-refractivity contribution in [3.63, 3.8) is 0 Å². The van der Waals surface area contributed by atoms with E-state index >= 15 is 0 Å². The molecule has 1 aliphatic rings. The molecular weight excluding hydrogens is 296 g/mol. The van der Waals surface area contributed by atoms with Gasteiger partial charge in [-0.15, -0.1) is 0 Å². The predicted octanol–water partition coefficient (Wildman–Crippen LogP) is 4.06. The van der Waals surface area contributed by atoms with Gasteiger partial charge in [0.2, 0.25) is 0 Å². The lowest BCUT2D eigenvalue weighted by molar-refractivity contribution is -0.0681. The molecule has 1 aliphatic heterocycles. The van der Waals surface area contributed by atoms with Crippen LogP contribution in [0.1, 0.15) is 30.5 Å². The minimum absolute atomic E-state index is 0.0188. The Bertz CT molecular complexity index is 938. The zero-order valence-corrected chi connectivity index (χ0v) is 12.8. The van der Waals surface area contributed by atoms with Crippen molar-refractivity contribution < 1.29 is 8.78 Å². The number of aromatic nitrogens is 2. The third-order valence-electron chi connectivity index (χ3n) is 4.34. The third-order valence-corrected chi connectivity index (χ3v) is 4.34. The van der Waals surface area contributed by atoms with Crippen LogP contribution in [0, 0.1) is 0 Å². The van der Waals surface area contributed by atoms with Crippen molar-refractivity contribution in [2.24, 2.45) is 4.99 Å². The summed E-state index contributed by atoms with van der Waals surface area (Å²) >= 11 is 0. The van der Waals surface area contributed by atoms with Crippen molar-refractivity contribution in [1.29, 1.82) is 0 Å². The Morgan fingerprint density at radius 3 is 2.65 bits per heavy atom. The van der Waals surface area contributed by atoms with Crippen molar-refractivity contribution in [3.8, 4) is 0 Å². The molecule has 3 heterocycles. The predicted molar refractivity (Wildman–Crippen MR) is 85.2 cm³/mol. The molecule has 0 fully saturated rings. The van der Waals surface area contributed by atoms with Gasteiger partial charge in [-0.2, -0.15) is 13.9 Å². The summed E-state index contributed by atoms with van der Waals surface area (Å²) in [4.78, 5) is 4.39. The summed E-state index contributed by atoms with van der Waals surface area (Å²) in [7, 11) is 0. The van der Waals surface area contributed by atoms with Gasteiger partial charge in [0, 0.05) is 22.9 Å². The fourth-order valence-electron chi connectivity index (χ4n) is 2.98. The lowest BCUT2D eigenvalue weighted by Gasteiger charge is -2.37. The lowest BCUT2D eigenvalue weighted by Crippen LogP contribution is -2.44. The number of halogens is 2. The maximum absolute atomic E-state index is 14.7. The highest BCUT2D eigenvalue weighted by atomic mass is 19.3. The average Bonchev–Trinajstić information content (AvgIpc) is 2.99. The van der Waals surface area contributed by atoms with Crippen LogP contribution in [-0.2, 0) is 5.92 Å². The van der Waals surface area contributed by atoms with E-state index in [9.17, 15) is 8.78 Å². The van der Waals surface area contributed by atoms with Crippen LogP contribution < -0.4 is 0 Å². The Labute approximate surface area is 132 Å². The summed E-state index contributed by atoms with van der Waals surface area (Å²) in [5, 5.41) is 4.32. The van der Waals surface area contributed by atoms with E-state index in [4.69, 9.17) is 0 Å². The molecule has 4 rings (SSSR count). The van der Waals surface area contributed by atoms with Gasteiger partial charge in [-0.05, 0) is 32.0 Å². The van der Waals surface area contributed by atoms with E-state index in [0.717, 1.165) is 11.1 Å². The zero-order valence-electron chi connectivity index (χ0n) is 12.8. The summed E-state index contributed by atoms with van der Waals surface area (Å²) < 4.78 is 31.2. The van der Waals surface area contributed by atoms with Gasteiger partial charge in [-0.3, -0.25) is 4.99 Å². The monoisotopic (exact) mass is 311 g/mol. The molecule has 0 saturated carbocycles. The second kappa shape index (κ2) is 4.47. The molecule has 0 spiro atoms. The van der Waals surface area contributed by atoms with Crippen molar-refractivity contribution in [2.45, 2.75) is 25.3 Å². The number of rotatable bonds is 1.